The van der Waals surface area contributed by atoms with E-state index in [1.807, 2.05) is 12.5 Å². The molecule has 1 aromatic rings. The van der Waals surface area contributed by atoms with Crippen LogP contribution in [0.25, 0.3) is 0 Å². The largest absolute Gasteiger partial charge is 0.392 e. The molecular weight excluding hydrogens is 224 g/mol. The summed E-state index contributed by atoms with van der Waals surface area (Å²) < 4.78 is 2.21. The maximum absolute atomic E-state index is 9.14. The zero-order chi connectivity index (χ0) is 9.84. The lowest BCUT2D eigenvalue weighted by atomic mass is 10.2. The Bertz CT molecular complexity index is 257. The zero-order valence-corrected chi connectivity index (χ0v) is 9.98. The summed E-state index contributed by atoms with van der Waals surface area (Å²) in [5, 5.41) is 18.3. The highest BCUT2D eigenvalue weighted by atomic mass is 32.2. The van der Waals surface area contributed by atoms with E-state index in [1.54, 1.807) is 34.9 Å². The number of aliphatic hydroxyl groups excluding tert-OH is 2. The Morgan fingerprint density at radius 1 is 1.00 bits per heavy atom. The average molecular weight is 236 g/mol. The van der Waals surface area contributed by atoms with Crippen molar-refractivity contribution in [3.05, 3.63) is 11.1 Å². The van der Waals surface area contributed by atoms with Gasteiger partial charge in [-0.1, -0.05) is 0 Å². The number of thioether (sulfide) groups is 2. The second-order valence-electron chi connectivity index (χ2n) is 2.36. The molecule has 0 unspecified atom stereocenters. The maximum atomic E-state index is 9.14. The summed E-state index contributed by atoms with van der Waals surface area (Å²) >= 11 is 4.88. The third-order valence-corrected chi connectivity index (χ3v) is 5.33. The number of rotatable bonds is 4. The van der Waals surface area contributed by atoms with Crippen molar-refractivity contribution in [2.75, 3.05) is 12.5 Å². The second kappa shape index (κ2) is 5.26. The fourth-order valence-corrected chi connectivity index (χ4v) is 4.09. The van der Waals surface area contributed by atoms with Crippen LogP contribution in [0.5, 0.6) is 0 Å². The maximum Gasteiger partial charge on any atom is 0.0705 e. The molecule has 0 spiro atoms. The summed E-state index contributed by atoms with van der Waals surface area (Å²) in [4.78, 5) is 0. The molecule has 0 aromatic carbocycles. The topological polar surface area (TPSA) is 40.5 Å². The number of hydrogen-bond acceptors (Lipinski definition) is 5. The number of aliphatic hydroxyl groups is 2. The molecule has 74 valence electrons. The highest BCUT2D eigenvalue weighted by Gasteiger charge is 2.15. The monoisotopic (exact) mass is 236 g/mol. The van der Waals surface area contributed by atoms with Gasteiger partial charge in [0.15, 0.2) is 0 Å². The van der Waals surface area contributed by atoms with Gasteiger partial charge in [0.2, 0.25) is 0 Å². The minimum absolute atomic E-state index is 0.0170. The molecule has 0 amide bonds. The third kappa shape index (κ3) is 2.22. The first-order chi connectivity index (χ1) is 6.28. The Hall–Kier alpha value is 0.320. The van der Waals surface area contributed by atoms with E-state index >= 15 is 0 Å². The molecule has 1 heterocycles. The minimum atomic E-state index is 0.0170. The van der Waals surface area contributed by atoms with Crippen LogP contribution in [-0.2, 0) is 13.2 Å². The summed E-state index contributed by atoms with van der Waals surface area (Å²) in [6.07, 6.45) is 3.96. The van der Waals surface area contributed by atoms with Crippen LogP contribution in [0.1, 0.15) is 11.1 Å². The Balaban J connectivity index is 3.17. The van der Waals surface area contributed by atoms with Crippen LogP contribution < -0.4 is 0 Å². The van der Waals surface area contributed by atoms with E-state index in [1.165, 1.54) is 0 Å². The van der Waals surface area contributed by atoms with Crippen LogP contribution in [0.4, 0.5) is 0 Å². The molecule has 0 saturated carbocycles. The molecular formula is C8H12O2S3. The van der Waals surface area contributed by atoms with E-state index in [9.17, 15) is 0 Å². The third-order valence-electron chi connectivity index (χ3n) is 1.73. The van der Waals surface area contributed by atoms with Gasteiger partial charge in [0.25, 0.3) is 0 Å². The van der Waals surface area contributed by atoms with Gasteiger partial charge in [0, 0.05) is 11.1 Å². The molecule has 0 atom stereocenters. The van der Waals surface area contributed by atoms with Gasteiger partial charge >= 0.3 is 0 Å². The Morgan fingerprint density at radius 3 is 1.62 bits per heavy atom. The van der Waals surface area contributed by atoms with Crippen molar-refractivity contribution in [3.63, 3.8) is 0 Å². The lowest BCUT2D eigenvalue weighted by Crippen LogP contribution is -1.91. The molecule has 0 saturated heterocycles. The minimum Gasteiger partial charge on any atom is -0.392 e. The van der Waals surface area contributed by atoms with Crippen molar-refractivity contribution in [1.29, 1.82) is 0 Å². The lowest BCUT2D eigenvalue weighted by Gasteiger charge is -2.00. The van der Waals surface area contributed by atoms with E-state index in [2.05, 4.69) is 0 Å². The Kier molecular flexibility index (Phi) is 4.61. The van der Waals surface area contributed by atoms with E-state index in [-0.39, 0.29) is 13.2 Å². The summed E-state index contributed by atoms with van der Waals surface area (Å²) in [5.74, 6) is 0. The van der Waals surface area contributed by atoms with Gasteiger partial charge < -0.3 is 10.2 Å². The predicted molar refractivity (Wildman–Crippen MR) is 59.7 cm³/mol. The van der Waals surface area contributed by atoms with Gasteiger partial charge in [-0.2, -0.15) is 0 Å². The average Bonchev–Trinajstić information content (AvgIpc) is 2.54. The van der Waals surface area contributed by atoms with Crippen LogP contribution in [0, 0.1) is 0 Å². The van der Waals surface area contributed by atoms with Crippen LogP contribution in [0.3, 0.4) is 0 Å². The van der Waals surface area contributed by atoms with Crippen molar-refractivity contribution in [2.24, 2.45) is 0 Å². The van der Waals surface area contributed by atoms with Gasteiger partial charge in [-0.05, 0) is 12.5 Å². The molecule has 1 rings (SSSR count). The zero-order valence-electron chi connectivity index (χ0n) is 7.53. The predicted octanol–water partition coefficient (Wildman–Crippen LogP) is 2.18. The van der Waals surface area contributed by atoms with Gasteiger partial charge in [-0.15, -0.1) is 34.9 Å². The van der Waals surface area contributed by atoms with Gasteiger partial charge in [-0.25, -0.2) is 0 Å². The van der Waals surface area contributed by atoms with Crippen LogP contribution in [0.2, 0.25) is 0 Å². The first-order valence-electron chi connectivity index (χ1n) is 3.72. The highest BCUT2D eigenvalue weighted by molar-refractivity contribution is 8.02. The summed E-state index contributed by atoms with van der Waals surface area (Å²) in [7, 11) is 0. The quantitative estimate of drug-likeness (QED) is 0.786. The normalized spacial score (nSPS) is 10.8. The van der Waals surface area contributed by atoms with Crippen LogP contribution in [-0.4, -0.2) is 22.7 Å². The molecule has 0 aliphatic heterocycles. The smallest absolute Gasteiger partial charge is 0.0705 e. The van der Waals surface area contributed by atoms with E-state index in [0.717, 1.165) is 19.5 Å². The molecule has 2 N–H and O–H groups in total. The number of thiophene rings is 1. The first kappa shape index (κ1) is 11.4. The van der Waals surface area contributed by atoms with Gasteiger partial charge in [-0.3, -0.25) is 0 Å². The molecule has 0 aliphatic rings. The fourth-order valence-electron chi connectivity index (χ4n) is 1.10. The van der Waals surface area contributed by atoms with E-state index in [4.69, 9.17) is 10.2 Å². The molecule has 0 aliphatic carbocycles. The van der Waals surface area contributed by atoms with Gasteiger partial charge in [0.05, 0.1) is 21.6 Å². The summed E-state index contributed by atoms with van der Waals surface area (Å²) in [6.45, 7) is 0.0340. The molecule has 0 radical (unpaired) electrons. The van der Waals surface area contributed by atoms with Crippen LogP contribution in [0.15, 0.2) is 8.42 Å². The molecule has 0 fully saturated rings. The summed E-state index contributed by atoms with van der Waals surface area (Å²) in [5.41, 5.74) is 1.79. The first-order valence-corrected chi connectivity index (χ1v) is 6.99. The van der Waals surface area contributed by atoms with Crippen molar-refractivity contribution in [1.82, 2.24) is 0 Å². The molecule has 5 heteroatoms. The molecule has 1 aromatic heterocycles. The molecule has 2 nitrogen and oxygen atoms in total. The molecule has 13 heavy (non-hydrogen) atoms. The van der Waals surface area contributed by atoms with E-state index in [0.29, 0.717) is 0 Å². The standard InChI is InChI=1S/C8H12O2S3/c1-11-7-5(3-9)6(4-10)8(12-2)13-7/h9-10H,3-4H2,1-2H3. The fraction of sp³-hybridized carbons (Fsp3) is 0.500. The summed E-state index contributed by atoms with van der Waals surface area (Å²) in [6, 6.07) is 0. The van der Waals surface area contributed by atoms with Crippen LogP contribution >= 0.6 is 34.9 Å². The van der Waals surface area contributed by atoms with Crippen molar-refractivity contribution in [3.8, 4) is 0 Å². The van der Waals surface area contributed by atoms with Crippen molar-refractivity contribution < 1.29 is 10.2 Å². The molecule has 0 bridgehead atoms. The lowest BCUT2D eigenvalue weighted by molar-refractivity contribution is 0.257. The van der Waals surface area contributed by atoms with Crippen molar-refractivity contribution in [2.45, 2.75) is 21.6 Å². The SMILES string of the molecule is CSc1sc(SC)c(CO)c1CO. The number of hydrogen-bond donors (Lipinski definition) is 2. The second-order valence-corrected chi connectivity index (χ2v) is 5.53. The highest BCUT2D eigenvalue weighted by Crippen LogP contribution is 2.39. The van der Waals surface area contributed by atoms with Gasteiger partial charge in [0.1, 0.15) is 0 Å². The Morgan fingerprint density at radius 2 is 1.38 bits per heavy atom. The Labute approximate surface area is 90.4 Å². The van der Waals surface area contributed by atoms with Crippen molar-refractivity contribution >= 4 is 34.9 Å². The van der Waals surface area contributed by atoms with E-state index < -0.39 is 0 Å².